The smallest absolute Gasteiger partial charge is 0.254 e. The Morgan fingerprint density at radius 2 is 1.83 bits per heavy atom. The molecule has 3 aromatic rings. The van der Waals surface area contributed by atoms with Crippen molar-refractivity contribution in [1.82, 2.24) is 19.9 Å². The van der Waals surface area contributed by atoms with Gasteiger partial charge in [-0.3, -0.25) is 9.69 Å². The van der Waals surface area contributed by atoms with Gasteiger partial charge in [0.25, 0.3) is 5.56 Å². The van der Waals surface area contributed by atoms with Crippen molar-refractivity contribution < 1.29 is 0 Å². The lowest BCUT2D eigenvalue weighted by molar-refractivity contribution is 0.249. The quantitative estimate of drug-likeness (QED) is 0.657. The Kier molecular flexibility index (Phi) is 6.09. The number of hydrogen-bond acceptors (Lipinski definition) is 5. The molecule has 4 rings (SSSR count). The summed E-state index contributed by atoms with van der Waals surface area (Å²) in [5, 5.41) is 1.23. The van der Waals surface area contributed by atoms with E-state index in [9.17, 15) is 4.79 Å². The molecule has 0 unspecified atom stereocenters. The minimum atomic E-state index is -0.113. The van der Waals surface area contributed by atoms with Crippen LogP contribution in [-0.2, 0) is 6.54 Å². The number of H-pyrrole nitrogens is 1. The Labute approximate surface area is 185 Å². The molecule has 1 aliphatic heterocycles. The number of nitrogens with zero attached hydrogens (tertiary/aromatic N) is 4. The van der Waals surface area contributed by atoms with Gasteiger partial charge in [-0.15, -0.1) is 0 Å². The monoisotopic (exact) mass is 443 g/mol. The molecule has 0 radical (unpaired) electrons. The summed E-state index contributed by atoms with van der Waals surface area (Å²) < 4.78 is 0. The number of aryl methyl sites for hydroxylation is 1. The maximum Gasteiger partial charge on any atom is 0.254 e. The van der Waals surface area contributed by atoms with E-state index in [1.807, 2.05) is 37.3 Å². The highest BCUT2D eigenvalue weighted by atomic mass is 35.5. The van der Waals surface area contributed by atoms with Gasteiger partial charge in [0, 0.05) is 55.7 Å². The van der Waals surface area contributed by atoms with Gasteiger partial charge >= 0.3 is 0 Å². The third-order valence-corrected chi connectivity index (χ3v) is 6.40. The van der Waals surface area contributed by atoms with Crippen LogP contribution in [0.3, 0.4) is 0 Å². The van der Waals surface area contributed by atoms with E-state index in [1.54, 1.807) is 13.1 Å². The van der Waals surface area contributed by atoms with Crippen LogP contribution in [0.5, 0.6) is 0 Å². The third kappa shape index (κ3) is 4.36. The Bertz CT molecular complexity index is 1110. The SMILES string of the molecule is Cc1nc(-c2ccc(N3CCN(Cc4cccc(Cl)c4Cl)CC3)nc2)[nH]c(=O)c1C. The average molecular weight is 444 g/mol. The van der Waals surface area contributed by atoms with E-state index >= 15 is 0 Å². The van der Waals surface area contributed by atoms with E-state index in [0.717, 1.165) is 55.4 Å². The van der Waals surface area contributed by atoms with E-state index in [2.05, 4.69) is 24.8 Å². The van der Waals surface area contributed by atoms with Crippen molar-refractivity contribution in [2.45, 2.75) is 20.4 Å². The predicted molar refractivity (Wildman–Crippen MR) is 122 cm³/mol. The maximum absolute atomic E-state index is 12.0. The van der Waals surface area contributed by atoms with Crippen molar-refractivity contribution in [2.24, 2.45) is 0 Å². The Balaban J connectivity index is 1.40. The molecule has 8 heteroatoms. The van der Waals surface area contributed by atoms with Gasteiger partial charge in [0.2, 0.25) is 0 Å². The highest BCUT2D eigenvalue weighted by Crippen LogP contribution is 2.27. The molecule has 0 saturated carbocycles. The van der Waals surface area contributed by atoms with Crippen molar-refractivity contribution in [3.05, 3.63) is 73.7 Å². The summed E-state index contributed by atoms with van der Waals surface area (Å²) in [5.41, 5.74) is 3.11. The van der Waals surface area contributed by atoms with Gasteiger partial charge in [-0.25, -0.2) is 9.97 Å². The number of rotatable bonds is 4. The van der Waals surface area contributed by atoms with Crippen LogP contribution in [0.4, 0.5) is 5.82 Å². The van der Waals surface area contributed by atoms with Crippen LogP contribution in [0, 0.1) is 13.8 Å². The van der Waals surface area contributed by atoms with Crippen LogP contribution in [0.1, 0.15) is 16.8 Å². The van der Waals surface area contributed by atoms with Gasteiger partial charge in [0.15, 0.2) is 0 Å². The molecule has 0 amide bonds. The minimum Gasteiger partial charge on any atom is -0.354 e. The summed E-state index contributed by atoms with van der Waals surface area (Å²) in [4.78, 5) is 28.5. The Hall–Kier alpha value is -2.41. The molecule has 156 valence electrons. The first-order chi connectivity index (χ1) is 14.4. The fourth-order valence-electron chi connectivity index (χ4n) is 3.54. The average Bonchev–Trinajstić information content (AvgIpc) is 2.75. The highest BCUT2D eigenvalue weighted by Gasteiger charge is 2.19. The second-order valence-electron chi connectivity index (χ2n) is 7.51. The summed E-state index contributed by atoms with van der Waals surface area (Å²) in [7, 11) is 0. The van der Waals surface area contributed by atoms with Crippen LogP contribution < -0.4 is 10.5 Å². The first-order valence-corrected chi connectivity index (χ1v) is 10.6. The number of piperazine rings is 1. The van der Waals surface area contributed by atoms with E-state index in [4.69, 9.17) is 23.2 Å². The molecule has 1 saturated heterocycles. The van der Waals surface area contributed by atoms with Gasteiger partial charge in [0.1, 0.15) is 11.6 Å². The molecule has 0 bridgehead atoms. The second-order valence-corrected chi connectivity index (χ2v) is 8.29. The van der Waals surface area contributed by atoms with E-state index in [0.29, 0.717) is 21.4 Å². The molecular weight excluding hydrogens is 421 g/mol. The molecule has 1 aliphatic rings. The number of hydrogen-bond donors (Lipinski definition) is 1. The topological polar surface area (TPSA) is 65.1 Å². The zero-order valence-corrected chi connectivity index (χ0v) is 18.5. The molecule has 0 aliphatic carbocycles. The van der Waals surface area contributed by atoms with Crippen molar-refractivity contribution >= 4 is 29.0 Å². The highest BCUT2D eigenvalue weighted by molar-refractivity contribution is 6.42. The van der Waals surface area contributed by atoms with Gasteiger partial charge in [-0.2, -0.15) is 0 Å². The van der Waals surface area contributed by atoms with Gasteiger partial charge < -0.3 is 9.88 Å². The molecule has 3 heterocycles. The number of anilines is 1. The zero-order chi connectivity index (χ0) is 21.3. The number of aromatic nitrogens is 3. The zero-order valence-electron chi connectivity index (χ0n) is 17.0. The predicted octanol–water partition coefficient (Wildman–Crippen LogP) is 4.08. The minimum absolute atomic E-state index is 0.113. The van der Waals surface area contributed by atoms with Gasteiger partial charge in [-0.05, 0) is 37.6 Å². The molecule has 0 atom stereocenters. The molecule has 1 fully saturated rings. The molecular formula is C22H23Cl2N5O. The summed E-state index contributed by atoms with van der Waals surface area (Å²) >= 11 is 12.4. The molecule has 0 spiro atoms. The lowest BCUT2D eigenvalue weighted by Gasteiger charge is -2.35. The van der Waals surface area contributed by atoms with Crippen LogP contribution >= 0.6 is 23.2 Å². The molecule has 6 nitrogen and oxygen atoms in total. The standard InChI is InChI=1S/C22H23Cl2N5O/c1-14-15(2)26-21(27-22(14)30)16-6-7-19(25-12-16)29-10-8-28(9-11-29)13-17-4-3-5-18(23)20(17)24/h3-7,12H,8-11,13H2,1-2H3,(H,26,27,30). The van der Waals surface area contributed by atoms with Crippen molar-refractivity contribution in [2.75, 3.05) is 31.1 Å². The number of aromatic amines is 1. The van der Waals surface area contributed by atoms with Crippen molar-refractivity contribution in [1.29, 1.82) is 0 Å². The Morgan fingerprint density at radius 3 is 2.50 bits per heavy atom. The number of benzene rings is 1. The number of halogens is 2. The van der Waals surface area contributed by atoms with Crippen LogP contribution in [0.15, 0.2) is 41.3 Å². The Morgan fingerprint density at radius 1 is 1.07 bits per heavy atom. The van der Waals surface area contributed by atoms with E-state index < -0.39 is 0 Å². The summed E-state index contributed by atoms with van der Waals surface area (Å²) in [6.07, 6.45) is 1.76. The summed E-state index contributed by atoms with van der Waals surface area (Å²) in [6.45, 7) is 7.98. The number of nitrogens with one attached hydrogen (secondary N) is 1. The van der Waals surface area contributed by atoms with Crippen LogP contribution in [-0.4, -0.2) is 46.0 Å². The lowest BCUT2D eigenvalue weighted by atomic mass is 10.2. The fraction of sp³-hybridized carbons (Fsp3) is 0.318. The lowest BCUT2D eigenvalue weighted by Crippen LogP contribution is -2.46. The van der Waals surface area contributed by atoms with E-state index in [-0.39, 0.29) is 5.56 Å². The molecule has 1 aromatic carbocycles. The van der Waals surface area contributed by atoms with Crippen LogP contribution in [0.2, 0.25) is 10.0 Å². The third-order valence-electron chi connectivity index (χ3n) is 5.54. The van der Waals surface area contributed by atoms with Crippen molar-refractivity contribution in [3.8, 4) is 11.4 Å². The molecule has 1 N–H and O–H groups in total. The largest absolute Gasteiger partial charge is 0.354 e. The second kappa shape index (κ2) is 8.76. The fourth-order valence-corrected chi connectivity index (χ4v) is 3.92. The molecule has 30 heavy (non-hydrogen) atoms. The number of pyridine rings is 1. The molecule has 2 aromatic heterocycles. The normalized spacial score (nSPS) is 14.9. The van der Waals surface area contributed by atoms with Crippen molar-refractivity contribution in [3.63, 3.8) is 0 Å². The van der Waals surface area contributed by atoms with Gasteiger partial charge in [0.05, 0.1) is 10.0 Å². The van der Waals surface area contributed by atoms with Crippen LogP contribution in [0.25, 0.3) is 11.4 Å². The first-order valence-electron chi connectivity index (χ1n) is 9.86. The summed E-state index contributed by atoms with van der Waals surface area (Å²) in [6, 6.07) is 9.69. The van der Waals surface area contributed by atoms with Gasteiger partial charge in [-0.1, -0.05) is 35.3 Å². The van der Waals surface area contributed by atoms with E-state index in [1.165, 1.54) is 0 Å². The maximum atomic E-state index is 12.0. The first kappa shape index (κ1) is 20.8. The summed E-state index contributed by atoms with van der Waals surface area (Å²) in [5.74, 6) is 1.47.